The normalized spacial score (nSPS) is 11.9. The van der Waals surface area contributed by atoms with Gasteiger partial charge in [-0.3, -0.25) is 0 Å². The largest absolute Gasteiger partial charge is 0.464 e. The number of allylic oxidation sites excluding steroid dienone is 1. The summed E-state index contributed by atoms with van der Waals surface area (Å²) < 4.78 is 7.22. The summed E-state index contributed by atoms with van der Waals surface area (Å²) in [5.41, 5.74) is 4.32. The first kappa shape index (κ1) is 13.5. The minimum absolute atomic E-state index is 0.763. The molecule has 4 nitrogen and oxygen atoms in total. The van der Waals surface area contributed by atoms with Gasteiger partial charge in [-0.05, 0) is 35.4 Å². The lowest BCUT2D eigenvalue weighted by Crippen LogP contribution is -2.01. The summed E-state index contributed by atoms with van der Waals surface area (Å²) in [6.07, 6.45) is 7.89. The molecule has 0 unspecified atom stereocenters. The van der Waals surface area contributed by atoms with E-state index in [2.05, 4.69) is 40.4 Å². The van der Waals surface area contributed by atoms with Gasteiger partial charge in [0.2, 0.25) is 0 Å². The monoisotopic (exact) mass is 301 g/mol. The predicted molar refractivity (Wildman–Crippen MR) is 90.5 cm³/mol. The lowest BCUT2D eigenvalue weighted by molar-refractivity contribution is 0.616. The van der Waals surface area contributed by atoms with Crippen LogP contribution in [0, 0.1) is 0 Å². The summed E-state index contributed by atoms with van der Waals surface area (Å²) in [5, 5.41) is 5.39. The lowest BCUT2D eigenvalue weighted by Gasteiger charge is -2.08. The van der Waals surface area contributed by atoms with Crippen LogP contribution >= 0.6 is 0 Å². The van der Waals surface area contributed by atoms with Gasteiger partial charge >= 0.3 is 0 Å². The lowest BCUT2D eigenvalue weighted by atomic mass is 10.1. The van der Waals surface area contributed by atoms with Gasteiger partial charge in [0, 0.05) is 17.5 Å². The van der Waals surface area contributed by atoms with Crippen molar-refractivity contribution in [2.75, 3.05) is 0 Å². The zero-order chi connectivity index (χ0) is 15.5. The molecule has 0 fully saturated rings. The number of benzene rings is 2. The Bertz CT molecular complexity index is 937. The number of rotatable bonds is 4. The second-order valence-electron chi connectivity index (χ2n) is 5.36. The molecule has 0 aliphatic rings. The second kappa shape index (κ2) is 5.93. The Morgan fingerprint density at radius 2 is 2.00 bits per heavy atom. The van der Waals surface area contributed by atoms with Gasteiger partial charge in [0.1, 0.15) is 18.2 Å². The molecular formula is C19H15N3O. The number of hydrogen-bond acceptors (Lipinski definition) is 3. The molecule has 0 N–H and O–H groups in total. The van der Waals surface area contributed by atoms with E-state index in [4.69, 9.17) is 4.42 Å². The molecule has 4 heteroatoms. The minimum Gasteiger partial charge on any atom is -0.464 e. The van der Waals surface area contributed by atoms with Crippen LogP contribution < -0.4 is 0 Å². The zero-order valence-corrected chi connectivity index (χ0v) is 12.5. The molecule has 0 saturated heterocycles. The molecule has 4 aromatic rings. The molecule has 0 aliphatic carbocycles. The van der Waals surface area contributed by atoms with E-state index in [1.165, 1.54) is 5.56 Å². The molecule has 2 aromatic heterocycles. The first-order valence-corrected chi connectivity index (χ1v) is 7.45. The molecule has 23 heavy (non-hydrogen) atoms. The summed E-state index contributed by atoms with van der Waals surface area (Å²) in [6, 6.07) is 18.5. The molecule has 2 heterocycles. The maximum atomic E-state index is 5.40. The fourth-order valence-corrected chi connectivity index (χ4v) is 2.63. The topological polar surface area (TPSA) is 43.9 Å². The maximum absolute atomic E-state index is 5.40. The van der Waals surface area contributed by atoms with Gasteiger partial charge in [-0.25, -0.2) is 9.67 Å². The number of furan rings is 1. The molecule has 112 valence electrons. The molecule has 0 atom stereocenters. The Balaban J connectivity index is 1.72. The maximum Gasteiger partial charge on any atom is 0.138 e. The van der Waals surface area contributed by atoms with E-state index < -0.39 is 0 Å². The summed E-state index contributed by atoms with van der Waals surface area (Å²) in [4.78, 5) is 4.06. The highest BCUT2D eigenvalue weighted by Crippen LogP contribution is 2.21. The third-order valence-electron chi connectivity index (χ3n) is 3.75. The Morgan fingerprint density at radius 3 is 2.83 bits per heavy atom. The Hall–Kier alpha value is -3.14. The number of nitrogens with zero attached hydrogens (tertiary/aromatic N) is 3. The molecule has 0 bridgehead atoms. The Kier molecular flexibility index (Phi) is 3.48. The van der Waals surface area contributed by atoms with Gasteiger partial charge in [0.05, 0.1) is 6.26 Å². The van der Waals surface area contributed by atoms with Crippen molar-refractivity contribution in [3.63, 3.8) is 0 Å². The average Bonchev–Trinajstić information content (AvgIpc) is 3.26. The molecule has 0 spiro atoms. The van der Waals surface area contributed by atoms with Crippen molar-refractivity contribution in [1.29, 1.82) is 0 Å². The van der Waals surface area contributed by atoms with Crippen molar-refractivity contribution in [1.82, 2.24) is 14.8 Å². The first-order chi connectivity index (χ1) is 11.4. The fraction of sp³-hybridized carbons (Fsp3) is 0.0526. The van der Waals surface area contributed by atoms with Crippen LogP contribution in [0.25, 0.3) is 22.7 Å². The number of fused-ring (bicyclic) bond motifs is 1. The summed E-state index contributed by atoms with van der Waals surface area (Å²) in [7, 11) is 0. The predicted octanol–water partition coefficient (Wildman–Crippen LogP) is 4.27. The zero-order valence-electron chi connectivity index (χ0n) is 12.5. The summed E-state index contributed by atoms with van der Waals surface area (Å²) in [5.74, 6) is 0. The van der Waals surface area contributed by atoms with Crippen LogP contribution in [0.15, 0.2) is 77.9 Å². The van der Waals surface area contributed by atoms with Gasteiger partial charge in [-0.15, -0.1) is 0 Å². The molecule has 0 amide bonds. The smallest absolute Gasteiger partial charge is 0.138 e. The average molecular weight is 301 g/mol. The summed E-state index contributed by atoms with van der Waals surface area (Å²) >= 11 is 0. The molecule has 0 aliphatic heterocycles. The van der Waals surface area contributed by atoms with Crippen LogP contribution in [0.2, 0.25) is 0 Å². The highest BCUT2D eigenvalue weighted by molar-refractivity contribution is 5.79. The molecule has 2 aromatic carbocycles. The molecule has 0 saturated carbocycles. The van der Waals surface area contributed by atoms with E-state index in [1.807, 2.05) is 35.0 Å². The molecular weight excluding hydrogens is 286 g/mol. The van der Waals surface area contributed by atoms with E-state index in [1.54, 1.807) is 18.9 Å². The van der Waals surface area contributed by atoms with Gasteiger partial charge in [-0.2, -0.15) is 5.10 Å². The molecule has 0 radical (unpaired) electrons. The Morgan fingerprint density at radius 1 is 1.09 bits per heavy atom. The van der Waals surface area contributed by atoms with E-state index >= 15 is 0 Å². The highest BCUT2D eigenvalue weighted by Gasteiger charge is 2.06. The van der Waals surface area contributed by atoms with Crippen molar-refractivity contribution in [2.24, 2.45) is 0 Å². The molecule has 4 rings (SSSR count). The van der Waals surface area contributed by atoms with Gasteiger partial charge in [-0.1, -0.05) is 36.4 Å². The van der Waals surface area contributed by atoms with Crippen molar-refractivity contribution < 1.29 is 4.42 Å². The standard InChI is InChI=1S/C19H15N3O/c1-2-4-15(5-3-1)11-18(22-14-20-13-21-22)12-16-6-7-19-17(10-16)8-9-23-19/h1-11,13-14H,12H2. The van der Waals surface area contributed by atoms with E-state index in [0.717, 1.165) is 28.7 Å². The third-order valence-corrected chi connectivity index (χ3v) is 3.75. The highest BCUT2D eigenvalue weighted by atomic mass is 16.3. The van der Waals surface area contributed by atoms with Crippen molar-refractivity contribution >= 4 is 22.7 Å². The third kappa shape index (κ3) is 2.92. The quantitative estimate of drug-likeness (QED) is 0.565. The van der Waals surface area contributed by atoms with Gasteiger partial charge in [0.25, 0.3) is 0 Å². The SMILES string of the molecule is C(=C(Cc1ccc2occc2c1)n1cncn1)c1ccccc1. The van der Waals surface area contributed by atoms with E-state index in [9.17, 15) is 0 Å². The Labute approximate surface area is 133 Å². The number of hydrogen-bond donors (Lipinski definition) is 0. The van der Waals surface area contributed by atoms with Crippen molar-refractivity contribution in [2.45, 2.75) is 6.42 Å². The first-order valence-electron chi connectivity index (χ1n) is 7.45. The van der Waals surface area contributed by atoms with Crippen LogP contribution in [-0.4, -0.2) is 14.8 Å². The number of aromatic nitrogens is 3. The fourth-order valence-electron chi connectivity index (χ4n) is 2.63. The van der Waals surface area contributed by atoms with Crippen LogP contribution in [0.1, 0.15) is 11.1 Å². The van der Waals surface area contributed by atoms with Crippen LogP contribution in [-0.2, 0) is 6.42 Å². The van der Waals surface area contributed by atoms with Crippen molar-refractivity contribution in [3.8, 4) is 0 Å². The van der Waals surface area contributed by atoms with Crippen molar-refractivity contribution in [3.05, 3.63) is 84.6 Å². The van der Waals surface area contributed by atoms with E-state index in [-0.39, 0.29) is 0 Å². The van der Waals surface area contributed by atoms with Crippen LogP contribution in [0.3, 0.4) is 0 Å². The minimum atomic E-state index is 0.763. The van der Waals surface area contributed by atoms with Gasteiger partial charge in [0.15, 0.2) is 0 Å². The van der Waals surface area contributed by atoms with Gasteiger partial charge < -0.3 is 4.42 Å². The van der Waals surface area contributed by atoms with Crippen LogP contribution in [0.4, 0.5) is 0 Å². The summed E-state index contributed by atoms with van der Waals surface area (Å²) in [6.45, 7) is 0. The van der Waals surface area contributed by atoms with Crippen LogP contribution in [0.5, 0.6) is 0 Å². The van der Waals surface area contributed by atoms with E-state index in [0.29, 0.717) is 0 Å². The second-order valence-corrected chi connectivity index (χ2v) is 5.36.